The first-order chi connectivity index (χ1) is 5.83. The SMILES string of the molecule is CCCC[Si]1(OC)CCCCO1. The lowest BCUT2D eigenvalue weighted by Gasteiger charge is -2.32. The van der Waals surface area contributed by atoms with Crippen molar-refractivity contribution in [2.75, 3.05) is 13.7 Å². The van der Waals surface area contributed by atoms with E-state index >= 15 is 0 Å². The van der Waals surface area contributed by atoms with Crippen molar-refractivity contribution in [1.82, 2.24) is 0 Å². The molecule has 1 saturated heterocycles. The molecule has 1 atom stereocenters. The average Bonchev–Trinajstić information content (AvgIpc) is 2.16. The van der Waals surface area contributed by atoms with Crippen LogP contribution in [-0.4, -0.2) is 22.3 Å². The van der Waals surface area contributed by atoms with Crippen molar-refractivity contribution in [2.24, 2.45) is 0 Å². The summed E-state index contributed by atoms with van der Waals surface area (Å²) in [5.41, 5.74) is 0. The van der Waals surface area contributed by atoms with E-state index in [9.17, 15) is 0 Å². The van der Waals surface area contributed by atoms with Crippen LogP contribution in [0, 0.1) is 0 Å². The van der Waals surface area contributed by atoms with E-state index in [1.807, 2.05) is 7.11 Å². The summed E-state index contributed by atoms with van der Waals surface area (Å²) >= 11 is 0. The molecule has 1 fully saturated rings. The van der Waals surface area contributed by atoms with Crippen LogP contribution in [0.4, 0.5) is 0 Å². The molecule has 12 heavy (non-hydrogen) atoms. The Hall–Kier alpha value is 0.137. The third-order valence-corrected chi connectivity index (χ3v) is 6.31. The van der Waals surface area contributed by atoms with Crippen molar-refractivity contribution in [2.45, 2.75) is 44.7 Å². The summed E-state index contributed by atoms with van der Waals surface area (Å²) in [6, 6.07) is 2.41. The Labute approximate surface area is 76.5 Å². The van der Waals surface area contributed by atoms with Gasteiger partial charge in [-0.3, -0.25) is 0 Å². The van der Waals surface area contributed by atoms with Gasteiger partial charge in [0.25, 0.3) is 0 Å². The fraction of sp³-hybridized carbons (Fsp3) is 1.00. The van der Waals surface area contributed by atoms with Crippen molar-refractivity contribution in [3.05, 3.63) is 0 Å². The van der Waals surface area contributed by atoms with Crippen LogP contribution in [0.1, 0.15) is 32.6 Å². The van der Waals surface area contributed by atoms with E-state index in [1.165, 1.54) is 37.8 Å². The highest BCUT2D eigenvalue weighted by molar-refractivity contribution is 6.67. The van der Waals surface area contributed by atoms with Gasteiger partial charge in [-0.2, -0.15) is 0 Å². The molecule has 0 spiro atoms. The zero-order valence-electron chi connectivity index (χ0n) is 8.27. The van der Waals surface area contributed by atoms with Gasteiger partial charge in [-0.25, -0.2) is 0 Å². The number of unbranched alkanes of at least 4 members (excludes halogenated alkanes) is 1. The molecule has 1 aliphatic rings. The predicted molar refractivity (Wildman–Crippen MR) is 52.5 cm³/mol. The summed E-state index contributed by atoms with van der Waals surface area (Å²) in [4.78, 5) is 0. The molecule has 1 aliphatic heterocycles. The summed E-state index contributed by atoms with van der Waals surface area (Å²) in [5, 5.41) is 0. The summed E-state index contributed by atoms with van der Waals surface area (Å²) in [7, 11) is 0.149. The smallest absolute Gasteiger partial charge is 0.337 e. The molecule has 0 bridgehead atoms. The lowest BCUT2D eigenvalue weighted by atomic mass is 10.4. The van der Waals surface area contributed by atoms with Gasteiger partial charge in [-0.15, -0.1) is 0 Å². The van der Waals surface area contributed by atoms with E-state index in [1.54, 1.807) is 0 Å². The Balaban J connectivity index is 2.37. The van der Waals surface area contributed by atoms with E-state index < -0.39 is 8.56 Å². The zero-order valence-corrected chi connectivity index (χ0v) is 9.27. The third-order valence-electron chi connectivity index (χ3n) is 2.60. The standard InChI is InChI=1S/C9H20O2Si/c1-3-4-8-12(10-2)9-6-5-7-11-12/h3-9H2,1-2H3. The highest BCUT2D eigenvalue weighted by Crippen LogP contribution is 2.27. The molecule has 3 heteroatoms. The minimum absolute atomic E-state index is 0.934. The Kier molecular flexibility index (Phi) is 4.25. The summed E-state index contributed by atoms with van der Waals surface area (Å²) in [6.45, 7) is 3.16. The van der Waals surface area contributed by atoms with Crippen molar-refractivity contribution in [1.29, 1.82) is 0 Å². The van der Waals surface area contributed by atoms with Crippen LogP contribution in [0.25, 0.3) is 0 Å². The highest BCUT2D eigenvalue weighted by Gasteiger charge is 2.37. The lowest BCUT2D eigenvalue weighted by Crippen LogP contribution is -2.43. The summed E-state index contributed by atoms with van der Waals surface area (Å²) in [5.74, 6) is 0. The van der Waals surface area contributed by atoms with E-state index in [2.05, 4.69) is 6.92 Å². The van der Waals surface area contributed by atoms with Crippen molar-refractivity contribution < 1.29 is 8.85 Å². The van der Waals surface area contributed by atoms with Gasteiger partial charge in [0.1, 0.15) is 0 Å². The second-order valence-corrected chi connectivity index (χ2v) is 7.04. The van der Waals surface area contributed by atoms with Gasteiger partial charge in [0.15, 0.2) is 0 Å². The average molecular weight is 188 g/mol. The molecule has 0 aliphatic carbocycles. The molecule has 0 N–H and O–H groups in total. The first-order valence-electron chi connectivity index (χ1n) is 5.02. The molecule has 1 unspecified atom stereocenters. The van der Waals surface area contributed by atoms with Crippen LogP contribution < -0.4 is 0 Å². The van der Waals surface area contributed by atoms with Gasteiger partial charge in [-0.05, 0) is 24.9 Å². The second kappa shape index (κ2) is 4.99. The van der Waals surface area contributed by atoms with E-state index in [0.29, 0.717) is 0 Å². The normalized spacial score (nSPS) is 30.5. The van der Waals surface area contributed by atoms with Crippen molar-refractivity contribution >= 4 is 8.56 Å². The molecule has 0 amide bonds. The van der Waals surface area contributed by atoms with Crippen molar-refractivity contribution in [3.63, 3.8) is 0 Å². The number of hydrogen-bond donors (Lipinski definition) is 0. The molecular weight excluding hydrogens is 168 g/mol. The quantitative estimate of drug-likeness (QED) is 0.632. The van der Waals surface area contributed by atoms with Crippen LogP contribution in [0.15, 0.2) is 0 Å². The molecule has 2 nitrogen and oxygen atoms in total. The molecule has 1 rings (SSSR count). The molecule has 0 aromatic rings. The van der Waals surface area contributed by atoms with Gasteiger partial charge in [0, 0.05) is 13.7 Å². The fourth-order valence-corrected chi connectivity index (χ4v) is 5.00. The first kappa shape index (κ1) is 10.2. The predicted octanol–water partition coefficient (Wildman–Crippen LogP) is 2.69. The Morgan fingerprint density at radius 3 is 2.75 bits per heavy atom. The molecule has 0 radical (unpaired) electrons. The Morgan fingerprint density at radius 1 is 1.42 bits per heavy atom. The van der Waals surface area contributed by atoms with Crippen LogP contribution in [0.2, 0.25) is 12.1 Å². The van der Waals surface area contributed by atoms with Crippen LogP contribution in [-0.2, 0) is 8.85 Å². The van der Waals surface area contributed by atoms with Gasteiger partial charge in [-0.1, -0.05) is 19.8 Å². The minimum atomic E-state index is -1.68. The molecule has 0 saturated carbocycles. The third kappa shape index (κ3) is 2.57. The maximum absolute atomic E-state index is 5.83. The highest BCUT2D eigenvalue weighted by atomic mass is 28.4. The molecule has 72 valence electrons. The maximum atomic E-state index is 5.83. The van der Waals surface area contributed by atoms with E-state index in [0.717, 1.165) is 6.61 Å². The molecular formula is C9H20O2Si. The topological polar surface area (TPSA) is 18.5 Å². The summed E-state index contributed by atoms with van der Waals surface area (Å²) < 4.78 is 11.4. The number of rotatable bonds is 4. The lowest BCUT2D eigenvalue weighted by molar-refractivity contribution is 0.174. The van der Waals surface area contributed by atoms with Crippen LogP contribution in [0.5, 0.6) is 0 Å². The van der Waals surface area contributed by atoms with E-state index in [4.69, 9.17) is 8.85 Å². The largest absolute Gasteiger partial charge is 0.398 e. The number of hydrogen-bond acceptors (Lipinski definition) is 2. The maximum Gasteiger partial charge on any atom is 0.337 e. The second-order valence-electron chi connectivity index (χ2n) is 3.52. The fourth-order valence-electron chi connectivity index (χ4n) is 1.73. The van der Waals surface area contributed by atoms with Crippen LogP contribution in [0.3, 0.4) is 0 Å². The molecule has 0 aromatic carbocycles. The zero-order chi connectivity index (χ0) is 8.86. The monoisotopic (exact) mass is 188 g/mol. The summed E-state index contributed by atoms with van der Waals surface area (Å²) in [6.07, 6.45) is 5.05. The Bertz CT molecular complexity index is 122. The van der Waals surface area contributed by atoms with E-state index in [-0.39, 0.29) is 0 Å². The van der Waals surface area contributed by atoms with Gasteiger partial charge in [0.2, 0.25) is 0 Å². The van der Waals surface area contributed by atoms with Crippen LogP contribution >= 0.6 is 0 Å². The van der Waals surface area contributed by atoms with Gasteiger partial charge in [0.05, 0.1) is 0 Å². The molecule has 1 heterocycles. The van der Waals surface area contributed by atoms with Gasteiger partial charge >= 0.3 is 8.56 Å². The Morgan fingerprint density at radius 2 is 2.25 bits per heavy atom. The minimum Gasteiger partial charge on any atom is -0.398 e. The van der Waals surface area contributed by atoms with Gasteiger partial charge < -0.3 is 8.85 Å². The van der Waals surface area contributed by atoms with Crippen molar-refractivity contribution in [3.8, 4) is 0 Å². The first-order valence-corrected chi connectivity index (χ1v) is 7.25. The molecule has 0 aromatic heterocycles.